The van der Waals surface area contributed by atoms with E-state index in [-0.39, 0.29) is 24.4 Å². The van der Waals surface area contributed by atoms with Crippen LogP contribution in [0, 0.1) is 5.82 Å². The second-order valence-electron chi connectivity index (χ2n) is 5.54. The van der Waals surface area contributed by atoms with Crippen LogP contribution in [0.25, 0.3) is 0 Å². The summed E-state index contributed by atoms with van der Waals surface area (Å²) in [7, 11) is -7.83. The molecule has 27 heavy (non-hydrogen) atoms. The van der Waals surface area contributed by atoms with Gasteiger partial charge in [0.15, 0.2) is 0 Å². The van der Waals surface area contributed by atoms with Crippen molar-refractivity contribution in [2.45, 2.75) is 22.8 Å². The van der Waals surface area contributed by atoms with E-state index in [4.69, 9.17) is 5.14 Å². The normalized spacial score (nSPS) is 11.9. The van der Waals surface area contributed by atoms with Gasteiger partial charge in [-0.25, -0.2) is 31.1 Å². The van der Waals surface area contributed by atoms with Crippen molar-refractivity contribution in [1.82, 2.24) is 10.0 Å². The smallest absolute Gasteiger partial charge is 0.243 e. The highest BCUT2D eigenvalue weighted by Gasteiger charge is 2.18. The summed E-state index contributed by atoms with van der Waals surface area (Å²) < 4.78 is 62.0. The average molecular weight is 415 g/mol. The first kappa shape index (κ1) is 21.0. The molecule has 0 atom stereocenters. The molecule has 0 bridgehead atoms. The molecule has 2 aromatic rings. The highest BCUT2D eigenvalue weighted by molar-refractivity contribution is 7.89. The van der Waals surface area contributed by atoms with Crippen LogP contribution >= 0.6 is 0 Å². The van der Waals surface area contributed by atoms with Gasteiger partial charge in [0.05, 0.1) is 4.90 Å². The Kier molecular flexibility index (Phi) is 6.65. The minimum atomic E-state index is -4.05. The molecule has 0 aromatic heterocycles. The molecular formula is C16H18FN3O5S2. The first-order chi connectivity index (χ1) is 12.6. The van der Waals surface area contributed by atoms with Gasteiger partial charge in [-0.05, 0) is 29.8 Å². The van der Waals surface area contributed by atoms with Gasteiger partial charge in [-0.15, -0.1) is 0 Å². The number of carbonyl (C=O) groups excluding carboxylic acids is 1. The van der Waals surface area contributed by atoms with Gasteiger partial charge in [0.2, 0.25) is 26.0 Å². The first-order valence-electron chi connectivity index (χ1n) is 7.72. The molecule has 4 N–H and O–H groups in total. The standard InChI is InChI=1S/C16H18FN3O5S2/c17-14-3-1-2-4-15(14)27(24,25)20-10-9-16(21)19-11-12-5-7-13(8-6-12)26(18,22)23/h1-8,20H,9-11H2,(H,19,21)(H2,18,22,23). The van der Waals surface area contributed by atoms with E-state index in [0.717, 1.165) is 12.1 Å². The zero-order valence-corrected chi connectivity index (χ0v) is 15.7. The largest absolute Gasteiger partial charge is 0.352 e. The number of hydrogen-bond donors (Lipinski definition) is 3. The summed E-state index contributed by atoms with van der Waals surface area (Å²) in [6, 6.07) is 10.6. The zero-order chi connectivity index (χ0) is 20.1. The fourth-order valence-corrected chi connectivity index (χ4v) is 3.75. The number of carbonyl (C=O) groups is 1. The summed E-state index contributed by atoms with van der Waals surface area (Å²) in [6.07, 6.45) is -0.150. The van der Waals surface area contributed by atoms with Crippen molar-refractivity contribution in [2.75, 3.05) is 6.54 Å². The maximum absolute atomic E-state index is 13.5. The Morgan fingerprint density at radius 1 is 1.00 bits per heavy atom. The maximum atomic E-state index is 13.5. The number of hydrogen-bond acceptors (Lipinski definition) is 5. The van der Waals surface area contributed by atoms with Crippen LogP contribution in [0.2, 0.25) is 0 Å². The van der Waals surface area contributed by atoms with Gasteiger partial charge in [-0.3, -0.25) is 4.79 Å². The van der Waals surface area contributed by atoms with Crippen LogP contribution in [-0.2, 0) is 31.4 Å². The lowest BCUT2D eigenvalue weighted by Gasteiger charge is -2.08. The highest BCUT2D eigenvalue weighted by atomic mass is 32.2. The van der Waals surface area contributed by atoms with E-state index >= 15 is 0 Å². The lowest BCUT2D eigenvalue weighted by molar-refractivity contribution is -0.121. The van der Waals surface area contributed by atoms with Crippen molar-refractivity contribution in [3.8, 4) is 0 Å². The van der Waals surface area contributed by atoms with Gasteiger partial charge in [0.1, 0.15) is 10.7 Å². The molecule has 8 nitrogen and oxygen atoms in total. The summed E-state index contributed by atoms with van der Waals surface area (Å²) in [6.45, 7) is -0.0728. The molecule has 0 aliphatic carbocycles. The van der Waals surface area contributed by atoms with Crippen molar-refractivity contribution < 1.29 is 26.0 Å². The Balaban J connectivity index is 1.82. The molecule has 0 fully saturated rings. The van der Waals surface area contributed by atoms with Gasteiger partial charge >= 0.3 is 0 Å². The molecule has 0 spiro atoms. The van der Waals surface area contributed by atoms with Crippen molar-refractivity contribution in [1.29, 1.82) is 0 Å². The molecule has 0 saturated heterocycles. The summed E-state index contributed by atoms with van der Waals surface area (Å²) in [5.74, 6) is -1.31. The van der Waals surface area contributed by atoms with E-state index in [2.05, 4.69) is 10.0 Å². The lowest BCUT2D eigenvalue weighted by Crippen LogP contribution is -2.31. The van der Waals surface area contributed by atoms with Gasteiger partial charge < -0.3 is 5.32 Å². The van der Waals surface area contributed by atoms with Crippen LogP contribution in [0.1, 0.15) is 12.0 Å². The fourth-order valence-electron chi connectivity index (χ4n) is 2.13. The van der Waals surface area contributed by atoms with E-state index in [1.807, 2.05) is 0 Å². The Bertz CT molecular complexity index is 1020. The van der Waals surface area contributed by atoms with Gasteiger partial charge in [-0.2, -0.15) is 0 Å². The van der Waals surface area contributed by atoms with Crippen LogP contribution in [0.5, 0.6) is 0 Å². The second-order valence-corrected chi connectivity index (χ2v) is 8.84. The third-order valence-electron chi connectivity index (χ3n) is 3.51. The van der Waals surface area contributed by atoms with Crippen LogP contribution in [-0.4, -0.2) is 29.3 Å². The van der Waals surface area contributed by atoms with Crippen molar-refractivity contribution in [2.24, 2.45) is 5.14 Å². The van der Waals surface area contributed by atoms with Crippen LogP contribution in [0.4, 0.5) is 4.39 Å². The van der Waals surface area contributed by atoms with Crippen molar-refractivity contribution >= 4 is 26.0 Å². The molecule has 0 unspecified atom stereocenters. The van der Waals surface area contributed by atoms with Crippen molar-refractivity contribution in [3.63, 3.8) is 0 Å². The quantitative estimate of drug-likeness (QED) is 0.575. The van der Waals surface area contributed by atoms with Crippen LogP contribution in [0.3, 0.4) is 0 Å². The number of benzene rings is 2. The van der Waals surface area contributed by atoms with Crippen LogP contribution < -0.4 is 15.2 Å². The average Bonchev–Trinajstić information content (AvgIpc) is 2.59. The first-order valence-corrected chi connectivity index (χ1v) is 10.8. The van der Waals surface area contributed by atoms with E-state index < -0.39 is 36.7 Å². The number of halogens is 1. The molecule has 0 heterocycles. The maximum Gasteiger partial charge on any atom is 0.243 e. The predicted octanol–water partition coefficient (Wildman–Crippen LogP) is 0.458. The van der Waals surface area contributed by atoms with Gasteiger partial charge in [0.25, 0.3) is 0 Å². The van der Waals surface area contributed by atoms with E-state index in [0.29, 0.717) is 5.56 Å². The lowest BCUT2D eigenvalue weighted by atomic mass is 10.2. The number of nitrogens with two attached hydrogens (primary N) is 1. The van der Waals surface area contributed by atoms with Crippen molar-refractivity contribution in [3.05, 3.63) is 59.9 Å². The number of sulfonamides is 2. The number of nitrogens with one attached hydrogen (secondary N) is 2. The minimum Gasteiger partial charge on any atom is -0.352 e. The van der Waals surface area contributed by atoms with E-state index in [1.165, 1.54) is 36.4 Å². The topological polar surface area (TPSA) is 135 Å². The molecule has 2 rings (SSSR count). The third kappa shape index (κ3) is 6.10. The number of amides is 1. The Morgan fingerprint density at radius 3 is 2.22 bits per heavy atom. The molecule has 0 saturated carbocycles. The Hall–Kier alpha value is -2.34. The molecule has 2 aromatic carbocycles. The molecule has 1 amide bonds. The summed E-state index contributed by atoms with van der Waals surface area (Å²) in [4.78, 5) is 11.3. The summed E-state index contributed by atoms with van der Waals surface area (Å²) in [5, 5.41) is 7.56. The highest BCUT2D eigenvalue weighted by Crippen LogP contribution is 2.13. The minimum absolute atomic E-state index is 0.0415. The van der Waals surface area contributed by atoms with Crippen LogP contribution in [0.15, 0.2) is 58.3 Å². The molecule has 0 radical (unpaired) electrons. The van der Waals surface area contributed by atoms with E-state index in [1.54, 1.807) is 0 Å². The fraction of sp³-hybridized carbons (Fsp3) is 0.188. The number of rotatable bonds is 8. The second kappa shape index (κ2) is 8.57. The molecular weight excluding hydrogens is 397 g/mol. The Labute approximate surface area is 156 Å². The van der Waals surface area contributed by atoms with Gasteiger partial charge in [-0.1, -0.05) is 24.3 Å². The monoisotopic (exact) mass is 415 g/mol. The molecule has 0 aliphatic rings. The van der Waals surface area contributed by atoms with E-state index in [9.17, 15) is 26.0 Å². The Morgan fingerprint density at radius 2 is 1.63 bits per heavy atom. The zero-order valence-electron chi connectivity index (χ0n) is 14.1. The summed E-state index contributed by atoms with van der Waals surface area (Å²) >= 11 is 0. The molecule has 0 aliphatic heterocycles. The molecule has 146 valence electrons. The number of primary sulfonamides is 1. The summed E-state index contributed by atoms with van der Waals surface area (Å²) in [5.41, 5.74) is 0.641. The predicted molar refractivity (Wildman–Crippen MR) is 95.9 cm³/mol. The third-order valence-corrected chi connectivity index (χ3v) is 5.94. The van der Waals surface area contributed by atoms with Gasteiger partial charge in [0, 0.05) is 19.5 Å². The molecule has 11 heteroatoms. The SMILES string of the molecule is NS(=O)(=O)c1ccc(CNC(=O)CCNS(=O)(=O)c2ccccc2F)cc1.